The molecule has 2 amide bonds. The molecule has 4 fully saturated rings. The molecule has 0 aromatic heterocycles. The van der Waals surface area contributed by atoms with Gasteiger partial charge in [0.2, 0.25) is 0 Å². The Hall–Kier alpha value is -1.62. The number of carbonyl (C=O) groups excluding carboxylic acids is 1. The molecule has 1 heterocycles. The fraction of sp³-hybridized carbons (Fsp3) is 0.650. The maximum absolute atomic E-state index is 13.5. The van der Waals surface area contributed by atoms with Gasteiger partial charge in [-0.2, -0.15) is 0 Å². The minimum absolute atomic E-state index is 0.0583. The predicted octanol–water partition coefficient (Wildman–Crippen LogP) is 3.23. The summed E-state index contributed by atoms with van der Waals surface area (Å²) in [5, 5.41) is 14.0. The van der Waals surface area contributed by atoms with Crippen LogP contribution >= 0.6 is 0 Å². The molecule has 5 heteroatoms. The van der Waals surface area contributed by atoms with Crippen LogP contribution in [0.25, 0.3) is 0 Å². The summed E-state index contributed by atoms with van der Waals surface area (Å²) >= 11 is 0. The van der Waals surface area contributed by atoms with E-state index in [9.17, 15) is 14.3 Å². The second-order valence-electron chi connectivity index (χ2n) is 8.70. The molecule has 0 radical (unpaired) electrons. The average molecular weight is 344 g/mol. The number of hydrogen-bond acceptors (Lipinski definition) is 2. The molecule has 1 aromatic carbocycles. The Morgan fingerprint density at radius 1 is 1.24 bits per heavy atom. The number of nitrogens with one attached hydrogen (secondary N) is 1. The van der Waals surface area contributed by atoms with E-state index < -0.39 is 5.60 Å². The summed E-state index contributed by atoms with van der Waals surface area (Å²) in [6, 6.07) is 4.83. The molecule has 1 aliphatic heterocycles. The summed E-state index contributed by atoms with van der Waals surface area (Å²) in [5.74, 6) is 1.19. The lowest BCUT2D eigenvalue weighted by Crippen LogP contribution is -2.63. The molecule has 2 N–H and O–H groups in total. The molecule has 25 heavy (non-hydrogen) atoms. The highest BCUT2D eigenvalue weighted by atomic mass is 19.1. The van der Waals surface area contributed by atoms with Gasteiger partial charge in [-0.25, -0.2) is 9.18 Å². The minimum atomic E-state index is -0.479. The number of aliphatic hydroxyl groups is 1. The number of carbonyl (C=O) groups is 1. The molecule has 0 spiro atoms. The highest BCUT2D eigenvalue weighted by Gasteiger charge is 2.55. The van der Waals surface area contributed by atoms with E-state index in [0.29, 0.717) is 24.3 Å². The first-order valence-electron chi connectivity index (χ1n) is 9.60. The Morgan fingerprint density at radius 3 is 2.72 bits per heavy atom. The van der Waals surface area contributed by atoms with Gasteiger partial charge in [0.25, 0.3) is 0 Å². The second kappa shape index (κ2) is 5.44. The predicted molar refractivity (Wildman–Crippen MR) is 92.9 cm³/mol. The molecule has 4 aliphatic carbocycles. The number of anilines is 1. The SMILES string of the molecule is O=C(NC1C2CC3CC1CC(O)(C3)C2)N1CCCc2cc(F)ccc21. The molecule has 2 atom stereocenters. The fourth-order valence-corrected chi connectivity index (χ4v) is 6.21. The van der Waals surface area contributed by atoms with Gasteiger partial charge < -0.3 is 10.4 Å². The van der Waals surface area contributed by atoms with E-state index in [-0.39, 0.29) is 17.9 Å². The van der Waals surface area contributed by atoms with Crippen LogP contribution in [0, 0.1) is 23.6 Å². The van der Waals surface area contributed by atoms with Crippen molar-refractivity contribution in [3.05, 3.63) is 29.6 Å². The van der Waals surface area contributed by atoms with Crippen molar-refractivity contribution in [3.8, 4) is 0 Å². The third-order valence-electron chi connectivity index (χ3n) is 6.94. The Bertz CT molecular complexity index is 706. The van der Waals surface area contributed by atoms with Crippen molar-refractivity contribution in [2.75, 3.05) is 11.4 Å². The van der Waals surface area contributed by atoms with Crippen molar-refractivity contribution in [1.82, 2.24) is 5.32 Å². The minimum Gasteiger partial charge on any atom is -0.390 e. The molecule has 4 bridgehead atoms. The number of urea groups is 1. The number of fused-ring (bicyclic) bond motifs is 1. The highest BCUT2D eigenvalue weighted by molar-refractivity contribution is 5.93. The molecule has 4 saturated carbocycles. The summed E-state index contributed by atoms with van der Waals surface area (Å²) < 4.78 is 13.5. The first kappa shape index (κ1) is 15.6. The van der Waals surface area contributed by atoms with Crippen molar-refractivity contribution in [2.45, 2.75) is 56.6 Å². The van der Waals surface area contributed by atoms with Gasteiger partial charge in [-0.1, -0.05) is 0 Å². The van der Waals surface area contributed by atoms with Crippen LogP contribution < -0.4 is 10.2 Å². The van der Waals surface area contributed by atoms with Crippen molar-refractivity contribution < 1.29 is 14.3 Å². The molecule has 0 saturated heterocycles. The van der Waals surface area contributed by atoms with Crippen LogP contribution in [0.2, 0.25) is 0 Å². The van der Waals surface area contributed by atoms with Crippen LogP contribution in [0.1, 0.15) is 44.1 Å². The molecule has 5 aliphatic rings. The maximum atomic E-state index is 13.5. The zero-order valence-electron chi connectivity index (χ0n) is 14.4. The molecular formula is C20H25FN2O2. The number of nitrogens with zero attached hydrogens (tertiary/aromatic N) is 1. The van der Waals surface area contributed by atoms with Crippen molar-refractivity contribution in [2.24, 2.45) is 17.8 Å². The lowest BCUT2D eigenvalue weighted by molar-refractivity contribution is -0.136. The second-order valence-corrected chi connectivity index (χ2v) is 8.70. The molecule has 134 valence electrons. The monoisotopic (exact) mass is 344 g/mol. The highest BCUT2D eigenvalue weighted by Crippen LogP contribution is 2.55. The summed E-state index contributed by atoms with van der Waals surface area (Å²) in [7, 11) is 0. The van der Waals surface area contributed by atoms with Gasteiger partial charge in [0, 0.05) is 18.3 Å². The molecule has 2 unspecified atom stereocenters. The van der Waals surface area contributed by atoms with Crippen LogP contribution in [0.15, 0.2) is 18.2 Å². The van der Waals surface area contributed by atoms with E-state index in [4.69, 9.17) is 0 Å². The first-order valence-corrected chi connectivity index (χ1v) is 9.60. The Labute approximate surface area is 147 Å². The number of rotatable bonds is 1. The largest absolute Gasteiger partial charge is 0.390 e. The Balaban J connectivity index is 1.35. The maximum Gasteiger partial charge on any atom is 0.322 e. The van der Waals surface area contributed by atoms with Crippen molar-refractivity contribution in [1.29, 1.82) is 0 Å². The lowest BCUT2D eigenvalue weighted by atomic mass is 9.52. The van der Waals surface area contributed by atoms with Gasteiger partial charge in [-0.05, 0) is 86.5 Å². The number of aryl methyl sites for hydroxylation is 1. The Kier molecular flexibility index (Phi) is 3.40. The summed E-state index contributed by atoms with van der Waals surface area (Å²) in [4.78, 5) is 14.8. The molecule has 1 aromatic rings. The van der Waals surface area contributed by atoms with Crippen LogP contribution in [0.4, 0.5) is 14.9 Å². The van der Waals surface area contributed by atoms with Gasteiger partial charge >= 0.3 is 6.03 Å². The van der Waals surface area contributed by atoms with Crippen LogP contribution in [0.5, 0.6) is 0 Å². The van der Waals surface area contributed by atoms with Gasteiger partial charge in [0.1, 0.15) is 5.82 Å². The third kappa shape index (κ3) is 2.55. The molecular weight excluding hydrogens is 319 g/mol. The molecule has 6 rings (SSSR count). The number of benzene rings is 1. The van der Waals surface area contributed by atoms with Gasteiger partial charge in [-0.15, -0.1) is 0 Å². The smallest absolute Gasteiger partial charge is 0.322 e. The van der Waals surface area contributed by atoms with E-state index in [1.807, 2.05) is 0 Å². The van der Waals surface area contributed by atoms with E-state index in [0.717, 1.165) is 56.2 Å². The van der Waals surface area contributed by atoms with Crippen LogP contribution in [-0.4, -0.2) is 29.3 Å². The van der Waals surface area contributed by atoms with E-state index in [1.54, 1.807) is 17.0 Å². The van der Waals surface area contributed by atoms with E-state index >= 15 is 0 Å². The fourth-order valence-electron chi connectivity index (χ4n) is 6.21. The average Bonchev–Trinajstić information content (AvgIpc) is 2.55. The Morgan fingerprint density at radius 2 is 2.00 bits per heavy atom. The normalized spacial score (nSPS) is 38.6. The van der Waals surface area contributed by atoms with E-state index in [1.165, 1.54) is 6.07 Å². The lowest BCUT2D eigenvalue weighted by Gasteiger charge is -2.58. The first-order chi connectivity index (χ1) is 12.0. The zero-order valence-corrected chi connectivity index (χ0v) is 14.4. The van der Waals surface area contributed by atoms with Crippen LogP contribution in [-0.2, 0) is 6.42 Å². The van der Waals surface area contributed by atoms with Crippen LogP contribution in [0.3, 0.4) is 0 Å². The van der Waals surface area contributed by atoms with Gasteiger partial charge in [0.05, 0.1) is 5.60 Å². The molecule has 4 nitrogen and oxygen atoms in total. The van der Waals surface area contributed by atoms with Gasteiger partial charge in [-0.3, -0.25) is 4.90 Å². The van der Waals surface area contributed by atoms with E-state index in [2.05, 4.69) is 5.32 Å². The number of halogens is 1. The van der Waals surface area contributed by atoms with Gasteiger partial charge in [0.15, 0.2) is 0 Å². The quantitative estimate of drug-likeness (QED) is 0.822. The summed E-state index contributed by atoms with van der Waals surface area (Å²) in [6.07, 6.45) is 6.55. The topological polar surface area (TPSA) is 52.6 Å². The zero-order chi connectivity index (χ0) is 17.2. The van der Waals surface area contributed by atoms with Crippen molar-refractivity contribution >= 4 is 11.7 Å². The standard InChI is InChI=1S/C20H25FN2O2/c21-16-3-4-17-13(8-16)2-1-5-23(17)19(24)22-18-14-6-12-7-15(18)11-20(25,9-12)10-14/h3-4,8,12,14-15,18,25H,1-2,5-7,9-11H2,(H,22,24). The van der Waals surface area contributed by atoms with Crippen molar-refractivity contribution in [3.63, 3.8) is 0 Å². The third-order valence-corrected chi connectivity index (χ3v) is 6.94. The summed E-state index contributed by atoms with van der Waals surface area (Å²) in [6.45, 7) is 0.680. The number of amides is 2. The summed E-state index contributed by atoms with van der Waals surface area (Å²) in [5.41, 5.74) is 1.28. The number of hydrogen-bond donors (Lipinski definition) is 2.